The fourth-order valence-corrected chi connectivity index (χ4v) is 2.77. The van der Waals surface area contributed by atoms with Gasteiger partial charge in [0.2, 0.25) is 0 Å². The minimum Gasteiger partial charge on any atom is -0.383 e. The van der Waals surface area contributed by atoms with Gasteiger partial charge >= 0.3 is 0 Å². The van der Waals surface area contributed by atoms with Gasteiger partial charge in [0.05, 0.1) is 6.61 Å². The maximum absolute atomic E-state index is 5.15. The minimum absolute atomic E-state index is 0.122. The lowest BCUT2D eigenvalue weighted by atomic mass is 9.81. The Bertz CT molecular complexity index is 365. The van der Waals surface area contributed by atoms with Gasteiger partial charge in [-0.15, -0.1) is 10.2 Å². The number of hydrogen-bond donors (Lipinski definition) is 0. The molecule has 0 spiro atoms. The predicted octanol–water partition coefficient (Wildman–Crippen LogP) is 0.815. The van der Waals surface area contributed by atoms with Gasteiger partial charge in [0.1, 0.15) is 12.2 Å². The Kier molecular flexibility index (Phi) is 3.79. The van der Waals surface area contributed by atoms with Crippen LogP contribution in [0.5, 0.6) is 0 Å². The van der Waals surface area contributed by atoms with E-state index in [-0.39, 0.29) is 5.41 Å². The van der Waals surface area contributed by atoms with Gasteiger partial charge in [0, 0.05) is 32.7 Å². The summed E-state index contributed by atoms with van der Waals surface area (Å²) in [6.07, 6.45) is 4.19. The molecule has 0 bridgehead atoms. The molecule has 1 aliphatic rings. The van der Waals surface area contributed by atoms with E-state index in [1.54, 1.807) is 13.4 Å². The number of hydrogen-bond acceptors (Lipinski definition) is 4. The molecule has 0 amide bonds. The summed E-state index contributed by atoms with van der Waals surface area (Å²) in [4.78, 5) is 2.46. The van der Waals surface area contributed by atoms with Crippen LogP contribution in [-0.4, -0.2) is 53.0 Å². The highest BCUT2D eigenvalue weighted by Crippen LogP contribution is 2.31. The summed E-state index contributed by atoms with van der Waals surface area (Å²) in [6.45, 7) is 6.30. The molecular weight excluding hydrogens is 216 g/mol. The fraction of sp³-hybridized carbons (Fsp3) is 0.833. The molecule has 0 radical (unpaired) electrons. The average Bonchev–Trinajstić information content (AvgIpc) is 2.74. The van der Waals surface area contributed by atoms with Gasteiger partial charge in [-0.1, -0.05) is 6.92 Å². The lowest BCUT2D eigenvalue weighted by Crippen LogP contribution is -2.46. The van der Waals surface area contributed by atoms with Crippen molar-refractivity contribution in [3.05, 3.63) is 12.2 Å². The molecule has 1 unspecified atom stereocenters. The molecule has 96 valence electrons. The highest BCUT2D eigenvalue weighted by molar-refractivity contribution is 5.08. The van der Waals surface area contributed by atoms with Crippen molar-refractivity contribution in [3.63, 3.8) is 0 Å². The van der Waals surface area contributed by atoms with Crippen LogP contribution in [0.4, 0.5) is 0 Å². The van der Waals surface area contributed by atoms with E-state index in [9.17, 15) is 0 Å². The Morgan fingerprint density at radius 2 is 2.35 bits per heavy atom. The first kappa shape index (κ1) is 12.5. The van der Waals surface area contributed by atoms with Gasteiger partial charge in [0.15, 0.2) is 0 Å². The summed E-state index contributed by atoms with van der Waals surface area (Å²) in [6, 6.07) is 0. The van der Waals surface area contributed by atoms with Crippen molar-refractivity contribution in [1.82, 2.24) is 19.7 Å². The van der Waals surface area contributed by atoms with Crippen molar-refractivity contribution in [3.8, 4) is 0 Å². The lowest BCUT2D eigenvalue weighted by Gasteiger charge is -2.39. The standard InChI is InChI=1S/C12H22N4O/c1-12(11-14-13-10-15(11)2)5-4-6-16(9-12)7-8-17-3/h10H,4-9H2,1-3H3. The zero-order valence-electron chi connectivity index (χ0n) is 11.0. The summed E-state index contributed by atoms with van der Waals surface area (Å²) in [7, 11) is 3.78. The molecule has 1 saturated heterocycles. The molecular formula is C12H22N4O. The van der Waals surface area contributed by atoms with E-state index in [1.165, 1.54) is 12.8 Å². The van der Waals surface area contributed by atoms with E-state index in [4.69, 9.17) is 4.74 Å². The van der Waals surface area contributed by atoms with Crippen LogP contribution in [0.25, 0.3) is 0 Å². The summed E-state index contributed by atoms with van der Waals surface area (Å²) in [5, 5.41) is 8.28. The molecule has 1 fully saturated rings. The zero-order valence-corrected chi connectivity index (χ0v) is 11.0. The summed E-state index contributed by atoms with van der Waals surface area (Å²) >= 11 is 0. The zero-order chi connectivity index (χ0) is 12.3. The second kappa shape index (κ2) is 5.14. The van der Waals surface area contributed by atoms with Gasteiger partial charge in [-0.3, -0.25) is 0 Å². The van der Waals surface area contributed by atoms with Crippen molar-refractivity contribution < 1.29 is 4.74 Å². The van der Waals surface area contributed by atoms with E-state index in [2.05, 4.69) is 22.0 Å². The number of rotatable bonds is 4. The molecule has 1 aliphatic heterocycles. The van der Waals surface area contributed by atoms with Gasteiger partial charge in [-0.25, -0.2) is 0 Å². The third-order valence-electron chi connectivity index (χ3n) is 3.64. The maximum atomic E-state index is 5.15. The van der Waals surface area contributed by atoms with Crippen molar-refractivity contribution in [2.75, 3.05) is 33.4 Å². The van der Waals surface area contributed by atoms with E-state index < -0.39 is 0 Å². The van der Waals surface area contributed by atoms with E-state index in [0.29, 0.717) is 0 Å². The molecule has 1 atom stereocenters. The van der Waals surface area contributed by atoms with E-state index in [0.717, 1.165) is 32.1 Å². The third kappa shape index (κ3) is 2.66. The van der Waals surface area contributed by atoms with Gasteiger partial charge < -0.3 is 14.2 Å². The maximum Gasteiger partial charge on any atom is 0.139 e. The second-order valence-electron chi connectivity index (χ2n) is 5.20. The molecule has 2 rings (SSSR count). The Labute approximate surface area is 103 Å². The number of methoxy groups -OCH3 is 1. The first-order chi connectivity index (χ1) is 8.15. The number of nitrogens with zero attached hydrogens (tertiary/aromatic N) is 4. The molecule has 0 aliphatic carbocycles. The minimum atomic E-state index is 0.122. The largest absolute Gasteiger partial charge is 0.383 e. The highest BCUT2D eigenvalue weighted by Gasteiger charge is 2.35. The molecule has 2 heterocycles. The van der Waals surface area contributed by atoms with Crippen molar-refractivity contribution in [1.29, 1.82) is 0 Å². The predicted molar refractivity (Wildman–Crippen MR) is 65.9 cm³/mol. The van der Waals surface area contributed by atoms with Crippen molar-refractivity contribution >= 4 is 0 Å². The normalized spacial score (nSPS) is 26.3. The van der Waals surface area contributed by atoms with Crippen LogP contribution in [0.1, 0.15) is 25.6 Å². The average molecular weight is 238 g/mol. The van der Waals surface area contributed by atoms with E-state index >= 15 is 0 Å². The van der Waals surface area contributed by atoms with Crippen LogP contribution in [0.3, 0.4) is 0 Å². The van der Waals surface area contributed by atoms with Crippen LogP contribution in [0.2, 0.25) is 0 Å². The van der Waals surface area contributed by atoms with Gasteiger partial charge in [0.25, 0.3) is 0 Å². The number of aryl methyl sites for hydroxylation is 1. The monoisotopic (exact) mass is 238 g/mol. The molecule has 0 N–H and O–H groups in total. The molecule has 5 nitrogen and oxygen atoms in total. The molecule has 1 aromatic rings. The summed E-state index contributed by atoms with van der Waals surface area (Å²) < 4.78 is 7.19. The number of likely N-dealkylation sites (tertiary alicyclic amines) is 1. The molecule has 5 heteroatoms. The van der Waals surface area contributed by atoms with Crippen LogP contribution in [0, 0.1) is 0 Å². The number of ether oxygens (including phenoxy) is 1. The first-order valence-electron chi connectivity index (χ1n) is 6.21. The Balaban J connectivity index is 2.07. The quantitative estimate of drug-likeness (QED) is 0.779. The van der Waals surface area contributed by atoms with Crippen LogP contribution in [0.15, 0.2) is 6.33 Å². The SMILES string of the molecule is COCCN1CCCC(C)(c2nncn2C)C1. The highest BCUT2D eigenvalue weighted by atomic mass is 16.5. The molecule has 17 heavy (non-hydrogen) atoms. The summed E-state index contributed by atoms with van der Waals surface area (Å²) in [5.41, 5.74) is 0.122. The summed E-state index contributed by atoms with van der Waals surface area (Å²) in [5.74, 6) is 1.10. The number of aromatic nitrogens is 3. The van der Waals surface area contributed by atoms with Crippen LogP contribution in [-0.2, 0) is 17.2 Å². The van der Waals surface area contributed by atoms with Gasteiger partial charge in [-0.2, -0.15) is 0 Å². The Morgan fingerprint density at radius 3 is 3.00 bits per heavy atom. The molecule has 1 aromatic heterocycles. The first-order valence-corrected chi connectivity index (χ1v) is 6.21. The topological polar surface area (TPSA) is 43.2 Å². The Hall–Kier alpha value is -0.940. The lowest BCUT2D eigenvalue weighted by molar-refractivity contribution is 0.102. The molecule has 0 saturated carbocycles. The smallest absolute Gasteiger partial charge is 0.139 e. The Morgan fingerprint density at radius 1 is 1.53 bits per heavy atom. The van der Waals surface area contributed by atoms with Crippen LogP contribution < -0.4 is 0 Å². The van der Waals surface area contributed by atoms with E-state index in [1.807, 2.05) is 11.6 Å². The van der Waals surface area contributed by atoms with Crippen molar-refractivity contribution in [2.45, 2.75) is 25.2 Å². The second-order valence-corrected chi connectivity index (χ2v) is 5.20. The number of piperidine rings is 1. The van der Waals surface area contributed by atoms with Gasteiger partial charge in [-0.05, 0) is 19.4 Å². The fourth-order valence-electron chi connectivity index (χ4n) is 2.77. The van der Waals surface area contributed by atoms with Crippen molar-refractivity contribution in [2.24, 2.45) is 7.05 Å². The van der Waals surface area contributed by atoms with Crippen LogP contribution >= 0.6 is 0 Å². The molecule has 0 aromatic carbocycles. The third-order valence-corrected chi connectivity index (χ3v) is 3.64.